The molecule has 4 nitrogen and oxygen atoms in total. The summed E-state index contributed by atoms with van der Waals surface area (Å²) >= 11 is 1.80. The van der Waals surface area contributed by atoms with E-state index in [1.807, 2.05) is 0 Å². The molecule has 1 aromatic heterocycles. The topological polar surface area (TPSA) is 68.0 Å². The van der Waals surface area contributed by atoms with E-state index in [0.717, 1.165) is 18.0 Å². The molecule has 88 valence electrons. The minimum atomic E-state index is -0.449. The van der Waals surface area contributed by atoms with Crippen LogP contribution >= 0.6 is 11.8 Å². The molecule has 1 aromatic rings. The van der Waals surface area contributed by atoms with E-state index in [9.17, 15) is 4.79 Å². The first-order valence-corrected chi connectivity index (χ1v) is 6.58. The van der Waals surface area contributed by atoms with Crippen molar-refractivity contribution in [2.24, 2.45) is 5.73 Å². The average Bonchev–Trinajstić information content (AvgIpc) is 2.29. The van der Waals surface area contributed by atoms with Crippen LogP contribution in [0.4, 0.5) is 5.82 Å². The van der Waals surface area contributed by atoms with Crippen LogP contribution < -0.4 is 11.1 Å². The lowest BCUT2D eigenvalue weighted by Gasteiger charge is -2.16. The van der Waals surface area contributed by atoms with Gasteiger partial charge in [-0.2, -0.15) is 11.8 Å². The lowest BCUT2D eigenvalue weighted by molar-refractivity contribution is 0.1000. The Labute approximate surface area is 100 Å². The summed E-state index contributed by atoms with van der Waals surface area (Å²) < 4.78 is 0. The van der Waals surface area contributed by atoms with Gasteiger partial charge in [0.25, 0.3) is 0 Å². The predicted molar refractivity (Wildman–Crippen MR) is 68.8 cm³/mol. The molecule has 0 radical (unpaired) electrons. The zero-order valence-electron chi connectivity index (χ0n) is 9.56. The van der Waals surface area contributed by atoms with Crippen LogP contribution in [-0.4, -0.2) is 28.9 Å². The van der Waals surface area contributed by atoms with Crippen molar-refractivity contribution in [1.29, 1.82) is 0 Å². The van der Waals surface area contributed by atoms with Crippen molar-refractivity contribution < 1.29 is 4.79 Å². The third kappa shape index (κ3) is 3.73. The molecule has 1 unspecified atom stereocenters. The third-order valence-electron chi connectivity index (χ3n) is 2.26. The number of primary amides is 1. The van der Waals surface area contributed by atoms with Crippen LogP contribution in [0, 0.1) is 0 Å². The van der Waals surface area contributed by atoms with Crippen molar-refractivity contribution in [2.75, 3.05) is 17.3 Å². The number of hydrogen-bond donors (Lipinski definition) is 2. The van der Waals surface area contributed by atoms with Crippen molar-refractivity contribution >= 4 is 23.5 Å². The van der Waals surface area contributed by atoms with Gasteiger partial charge < -0.3 is 11.1 Å². The van der Waals surface area contributed by atoms with Crippen LogP contribution in [0.1, 0.15) is 23.7 Å². The molecule has 16 heavy (non-hydrogen) atoms. The summed E-state index contributed by atoms with van der Waals surface area (Å²) in [6, 6.07) is 3.87. The fraction of sp³-hybridized carbons (Fsp3) is 0.455. The van der Waals surface area contributed by atoms with Crippen molar-refractivity contribution in [3.05, 3.63) is 23.9 Å². The van der Waals surface area contributed by atoms with Gasteiger partial charge in [0.1, 0.15) is 5.82 Å². The molecule has 0 saturated heterocycles. The maximum atomic E-state index is 10.9. The largest absolute Gasteiger partial charge is 0.367 e. The molecule has 0 spiro atoms. The second-order valence-electron chi connectivity index (χ2n) is 3.50. The highest BCUT2D eigenvalue weighted by atomic mass is 32.2. The lowest BCUT2D eigenvalue weighted by Crippen LogP contribution is -2.22. The number of pyridine rings is 1. The zero-order chi connectivity index (χ0) is 12.0. The Bertz CT molecular complexity index is 340. The molecule has 1 heterocycles. The first-order valence-electron chi connectivity index (χ1n) is 5.18. The van der Waals surface area contributed by atoms with Crippen molar-refractivity contribution in [3.63, 3.8) is 0 Å². The molecule has 5 heteroatoms. The Morgan fingerprint density at radius 2 is 2.38 bits per heavy atom. The van der Waals surface area contributed by atoms with Gasteiger partial charge in [0.05, 0.1) is 5.56 Å². The summed E-state index contributed by atoms with van der Waals surface area (Å²) in [5, 5.41) is 3.31. The second kappa shape index (κ2) is 6.37. The second-order valence-corrected chi connectivity index (χ2v) is 4.41. The molecule has 1 atom stereocenters. The van der Waals surface area contributed by atoms with Gasteiger partial charge in [-0.15, -0.1) is 0 Å². The summed E-state index contributed by atoms with van der Waals surface area (Å²) in [5.41, 5.74) is 5.57. The van der Waals surface area contributed by atoms with Gasteiger partial charge in [0.15, 0.2) is 0 Å². The maximum absolute atomic E-state index is 10.9. The van der Waals surface area contributed by atoms with Crippen LogP contribution in [-0.2, 0) is 0 Å². The average molecular weight is 239 g/mol. The number of nitrogens with one attached hydrogen (secondary N) is 1. The van der Waals surface area contributed by atoms with Gasteiger partial charge in [-0.05, 0) is 24.8 Å². The molecule has 0 aliphatic carbocycles. The van der Waals surface area contributed by atoms with E-state index in [0.29, 0.717) is 11.6 Å². The Morgan fingerprint density at radius 1 is 1.62 bits per heavy atom. The number of nitrogens with zero attached hydrogens (tertiary/aromatic N) is 1. The quantitative estimate of drug-likeness (QED) is 0.793. The summed E-state index contributed by atoms with van der Waals surface area (Å²) in [4.78, 5) is 15.0. The molecule has 1 amide bonds. The lowest BCUT2D eigenvalue weighted by atomic mass is 10.2. The van der Waals surface area contributed by atoms with Crippen molar-refractivity contribution in [2.45, 2.75) is 19.4 Å². The van der Waals surface area contributed by atoms with Gasteiger partial charge in [0.2, 0.25) is 5.91 Å². The molecule has 0 fully saturated rings. The Balaban J connectivity index is 2.63. The fourth-order valence-corrected chi connectivity index (χ4v) is 2.02. The molecule has 0 saturated carbocycles. The third-order valence-corrected chi connectivity index (χ3v) is 3.00. The predicted octanol–water partition coefficient (Wildman–Crippen LogP) is 1.73. The Morgan fingerprint density at radius 3 is 2.81 bits per heavy atom. The van der Waals surface area contributed by atoms with E-state index in [-0.39, 0.29) is 0 Å². The van der Waals surface area contributed by atoms with Gasteiger partial charge in [-0.3, -0.25) is 4.79 Å². The van der Waals surface area contributed by atoms with Gasteiger partial charge >= 0.3 is 0 Å². The summed E-state index contributed by atoms with van der Waals surface area (Å²) in [7, 11) is 0. The smallest absolute Gasteiger partial charge is 0.250 e. The standard InChI is InChI=1S/C11H17N3OS/c1-3-9(7-16-2)14-10-5-4-8(6-13-10)11(12)15/h4-6,9H,3,7H2,1-2H3,(H2,12,15)(H,13,14). The fourth-order valence-electron chi connectivity index (χ4n) is 1.30. The summed E-state index contributed by atoms with van der Waals surface area (Å²) in [6.45, 7) is 2.13. The van der Waals surface area contributed by atoms with Crippen molar-refractivity contribution in [1.82, 2.24) is 4.98 Å². The van der Waals surface area contributed by atoms with Crippen LogP contribution in [0.15, 0.2) is 18.3 Å². The normalized spacial score (nSPS) is 12.1. The van der Waals surface area contributed by atoms with Crippen LogP contribution in [0.2, 0.25) is 0 Å². The number of hydrogen-bond acceptors (Lipinski definition) is 4. The van der Waals surface area contributed by atoms with Crippen molar-refractivity contribution in [3.8, 4) is 0 Å². The maximum Gasteiger partial charge on any atom is 0.250 e. The van der Waals surface area contributed by atoms with E-state index < -0.39 is 5.91 Å². The zero-order valence-corrected chi connectivity index (χ0v) is 10.4. The highest BCUT2D eigenvalue weighted by Gasteiger charge is 2.06. The van der Waals surface area contributed by atoms with Gasteiger partial charge in [0, 0.05) is 18.0 Å². The molecule has 1 rings (SSSR count). The highest BCUT2D eigenvalue weighted by Crippen LogP contribution is 2.10. The van der Waals surface area contributed by atoms with E-state index in [2.05, 4.69) is 23.5 Å². The van der Waals surface area contributed by atoms with E-state index in [1.54, 1.807) is 23.9 Å². The molecule has 3 N–H and O–H groups in total. The van der Waals surface area contributed by atoms with Gasteiger partial charge in [-0.1, -0.05) is 6.92 Å². The number of nitrogens with two attached hydrogens (primary N) is 1. The van der Waals surface area contributed by atoms with E-state index >= 15 is 0 Å². The molecule has 0 aliphatic rings. The first kappa shape index (κ1) is 12.8. The number of carbonyl (C=O) groups excluding carboxylic acids is 1. The molecular weight excluding hydrogens is 222 g/mol. The SMILES string of the molecule is CCC(CSC)Nc1ccc(C(N)=O)cn1. The van der Waals surface area contributed by atoms with Crippen LogP contribution in [0.3, 0.4) is 0 Å². The Hall–Kier alpha value is -1.23. The van der Waals surface area contributed by atoms with Crippen LogP contribution in [0.5, 0.6) is 0 Å². The van der Waals surface area contributed by atoms with E-state index in [4.69, 9.17) is 5.73 Å². The number of anilines is 1. The Kier molecular flexibility index (Phi) is 5.11. The first-order chi connectivity index (χ1) is 7.67. The number of amides is 1. The minimum absolute atomic E-state index is 0.405. The van der Waals surface area contributed by atoms with E-state index in [1.165, 1.54) is 6.20 Å². The monoisotopic (exact) mass is 239 g/mol. The highest BCUT2D eigenvalue weighted by molar-refractivity contribution is 7.98. The number of rotatable bonds is 6. The number of aromatic nitrogens is 1. The minimum Gasteiger partial charge on any atom is -0.367 e. The van der Waals surface area contributed by atoms with Crippen LogP contribution in [0.25, 0.3) is 0 Å². The summed E-state index contributed by atoms with van der Waals surface area (Å²) in [6.07, 6.45) is 4.62. The number of carbonyl (C=O) groups is 1. The molecule has 0 aromatic carbocycles. The summed E-state index contributed by atoms with van der Waals surface area (Å²) in [5.74, 6) is 1.37. The number of thioether (sulfide) groups is 1. The van der Waals surface area contributed by atoms with Gasteiger partial charge in [-0.25, -0.2) is 4.98 Å². The molecular formula is C11H17N3OS. The molecule has 0 bridgehead atoms. The molecule has 0 aliphatic heterocycles.